The number of nitrogens with one attached hydrogen (secondary N) is 1. The molecule has 1 spiro atoms. The van der Waals surface area contributed by atoms with E-state index in [1.165, 1.54) is 6.07 Å². The van der Waals surface area contributed by atoms with Gasteiger partial charge >= 0.3 is 6.03 Å². The molecule has 3 heterocycles. The summed E-state index contributed by atoms with van der Waals surface area (Å²) in [7, 11) is 0. The molecular weight excluding hydrogens is 447 g/mol. The van der Waals surface area contributed by atoms with Crippen molar-refractivity contribution in [1.29, 1.82) is 0 Å². The van der Waals surface area contributed by atoms with E-state index in [0.29, 0.717) is 36.6 Å². The van der Waals surface area contributed by atoms with Crippen molar-refractivity contribution in [3.8, 4) is 0 Å². The van der Waals surface area contributed by atoms with Crippen LogP contribution >= 0.6 is 0 Å². The van der Waals surface area contributed by atoms with E-state index >= 15 is 4.39 Å². The van der Waals surface area contributed by atoms with E-state index < -0.39 is 29.3 Å². The molecule has 2 saturated heterocycles. The summed E-state index contributed by atoms with van der Waals surface area (Å²) < 4.78 is 15.1. The molecule has 0 aromatic heterocycles. The van der Waals surface area contributed by atoms with Crippen molar-refractivity contribution in [2.24, 2.45) is 5.41 Å². The summed E-state index contributed by atoms with van der Waals surface area (Å²) in [6, 6.07) is 21.6. The summed E-state index contributed by atoms with van der Waals surface area (Å²) in [5.74, 6) is -1.60. The average molecular weight is 471 g/mol. The van der Waals surface area contributed by atoms with E-state index in [-0.39, 0.29) is 12.2 Å². The Labute approximate surface area is 201 Å². The van der Waals surface area contributed by atoms with E-state index in [1.54, 1.807) is 42.5 Å². The number of carbonyl (C=O) groups is 3. The maximum atomic E-state index is 15.1. The topological polar surface area (TPSA) is 73.0 Å². The van der Waals surface area contributed by atoms with Crippen LogP contribution in [0.25, 0.3) is 0 Å². The molecule has 3 aliphatic rings. The summed E-state index contributed by atoms with van der Waals surface area (Å²) in [5, 5.41) is 2.44. The molecule has 3 aromatic carbocycles. The summed E-state index contributed by atoms with van der Waals surface area (Å²) >= 11 is 0. The number of rotatable bonds is 2. The summed E-state index contributed by atoms with van der Waals surface area (Å²) in [5.41, 5.74) is 0.758. The van der Waals surface area contributed by atoms with E-state index in [0.717, 1.165) is 10.6 Å². The van der Waals surface area contributed by atoms with Gasteiger partial charge < -0.3 is 9.80 Å². The summed E-state index contributed by atoms with van der Waals surface area (Å²) in [6.45, 7) is 1.35. The van der Waals surface area contributed by atoms with Crippen LogP contribution in [0, 0.1) is 11.2 Å². The number of fused-ring (bicyclic) bond motifs is 4. The Bertz CT molecular complexity index is 1330. The fourth-order valence-corrected chi connectivity index (χ4v) is 5.70. The SMILES string of the molecule is O=C1NC(=O)[C@@]2(Cc3cccc(F)c3N3CCN(c4ccccc4)C[C@H]32)C(=O)N1c1ccccc1. The second-order valence-corrected chi connectivity index (χ2v) is 9.12. The minimum atomic E-state index is -1.60. The molecule has 0 radical (unpaired) electrons. The normalized spacial score (nSPS) is 23.7. The third-order valence-electron chi connectivity index (χ3n) is 7.33. The maximum Gasteiger partial charge on any atom is 0.335 e. The molecule has 0 bridgehead atoms. The van der Waals surface area contributed by atoms with Crippen molar-refractivity contribution in [2.45, 2.75) is 12.5 Å². The second kappa shape index (κ2) is 7.94. The average Bonchev–Trinajstić information content (AvgIpc) is 2.88. The zero-order valence-corrected chi connectivity index (χ0v) is 18.9. The molecule has 3 aliphatic heterocycles. The number of carbonyl (C=O) groups excluding carboxylic acids is 3. The molecule has 0 saturated carbocycles. The number of barbiturate groups is 1. The Morgan fingerprint density at radius 3 is 2.23 bits per heavy atom. The monoisotopic (exact) mass is 470 g/mol. The lowest BCUT2D eigenvalue weighted by atomic mass is 9.67. The standard InChI is InChI=1S/C27H23FN4O3/c28-21-13-7-8-18-16-27(24(33)29-26(35)32(25(27)34)20-11-5-2-6-12-20)22-17-30(14-15-31(22)23(18)21)19-9-3-1-4-10-19/h1-13,22H,14-17H2,(H,29,33,35)/t22-,27-/m0/s1. The highest BCUT2D eigenvalue weighted by Gasteiger charge is 2.63. The predicted molar refractivity (Wildman–Crippen MR) is 130 cm³/mol. The number of urea groups is 1. The van der Waals surface area contributed by atoms with Gasteiger partial charge in [0, 0.05) is 31.7 Å². The van der Waals surface area contributed by atoms with E-state index in [2.05, 4.69) is 10.2 Å². The number of halogens is 1. The minimum Gasteiger partial charge on any atom is -0.368 e. The third kappa shape index (κ3) is 3.13. The maximum absolute atomic E-state index is 15.1. The lowest BCUT2D eigenvalue weighted by Crippen LogP contribution is -2.75. The number of hydrogen-bond acceptors (Lipinski definition) is 5. The van der Waals surface area contributed by atoms with Crippen LogP contribution in [0.5, 0.6) is 0 Å². The molecule has 2 fully saturated rings. The highest BCUT2D eigenvalue weighted by atomic mass is 19.1. The molecule has 0 unspecified atom stereocenters. The van der Waals surface area contributed by atoms with Gasteiger partial charge in [-0.25, -0.2) is 14.1 Å². The number of benzene rings is 3. The van der Waals surface area contributed by atoms with E-state index in [1.807, 2.05) is 35.2 Å². The Morgan fingerprint density at radius 2 is 1.51 bits per heavy atom. The van der Waals surface area contributed by atoms with Crippen LogP contribution in [0.3, 0.4) is 0 Å². The number of amides is 4. The number of piperazine rings is 1. The fraction of sp³-hybridized carbons (Fsp3) is 0.222. The van der Waals surface area contributed by atoms with Crippen molar-refractivity contribution in [1.82, 2.24) is 5.32 Å². The number of imide groups is 2. The van der Waals surface area contributed by atoms with Crippen molar-refractivity contribution in [2.75, 3.05) is 34.3 Å². The van der Waals surface area contributed by atoms with Crippen LogP contribution in [0.4, 0.5) is 26.2 Å². The van der Waals surface area contributed by atoms with Crippen LogP contribution in [0.15, 0.2) is 78.9 Å². The molecule has 35 heavy (non-hydrogen) atoms. The van der Waals surface area contributed by atoms with Crippen molar-refractivity contribution in [3.63, 3.8) is 0 Å². The summed E-state index contributed by atoms with van der Waals surface area (Å²) in [4.78, 5) is 45.7. The number of hydrogen-bond donors (Lipinski definition) is 1. The largest absolute Gasteiger partial charge is 0.368 e. The first-order chi connectivity index (χ1) is 17.0. The van der Waals surface area contributed by atoms with Gasteiger partial charge in [0.05, 0.1) is 17.4 Å². The Morgan fingerprint density at radius 1 is 0.829 bits per heavy atom. The molecule has 1 N–H and O–H groups in total. The van der Waals surface area contributed by atoms with Crippen LogP contribution in [-0.4, -0.2) is 43.5 Å². The van der Waals surface area contributed by atoms with Crippen LogP contribution in [0.2, 0.25) is 0 Å². The van der Waals surface area contributed by atoms with Gasteiger partial charge in [0.1, 0.15) is 5.82 Å². The van der Waals surface area contributed by atoms with Gasteiger partial charge in [-0.3, -0.25) is 14.9 Å². The predicted octanol–water partition coefficient (Wildman–Crippen LogP) is 3.35. The number of nitrogens with zero attached hydrogens (tertiary/aromatic N) is 3. The van der Waals surface area contributed by atoms with E-state index in [4.69, 9.17) is 0 Å². The zero-order chi connectivity index (χ0) is 24.2. The van der Waals surface area contributed by atoms with Gasteiger partial charge in [-0.1, -0.05) is 48.5 Å². The van der Waals surface area contributed by atoms with E-state index in [9.17, 15) is 14.4 Å². The second-order valence-electron chi connectivity index (χ2n) is 9.12. The number of anilines is 3. The third-order valence-corrected chi connectivity index (χ3v) is 7.33. The van der Waals surface area contributed by atoms with Gasteiger partial charge in [0.15, 0.2) is 5.41 Å². The first-order valence-electron chi connectivity index (χ1n) is 11.6. The molecule has 3 aromatic rings. The molecule has 6 rings (SSSR count). The molecule has 2 atom stereocenters. The van der Waals surface area contributed by atoms with Crippen molar-refractivity contribution < 1.29 is 18.8 Å². The highest BCUT2D eigenvalue weighted by molar-refractivity contribution is 6.30. The Hall–Kier alpha value is -4.20. The molecule has 0 aliphatic carbocycles. The fourth-order valence-electron chi connectivity index (χ4n) is 5.70. The molecule has 4 amide bonds. The van der Waals surface area contributed by atoms with Gasteiger partial charge in [-0.2, -0.15) is 0 Å². The Balaban J connectivity index is 1.51. The first-order valence-corrected chi connectivity index (χ1v) is 11.6. The highest BCUT2D eigenvalue weighted by Crippen LogP contribution is 2.47. The molecular formula is C27H23FN4O3. The van der Waals surface area contributed by atoms with Crippen molar-refractivity contribution >= 4 is 34.9 Å². The minimum absolute atomic E-state index is 0.00513. The lowest BCUT2D eigenvalue weighted by Gasteiger charge is -2.55. The smallest absolute Gasteiger partial charge is 0.335 e. The Kier molecular flexibility index (Phi) is 4.84. The quantitative estimate of drug-likeness (QED) is 0.582. The molecule has 8 heteroatoms. The van der Waals surface area contributed by atoms with Crippen molar-refractivity contribution in [3.05, 3.63) is 90.2 Å². The van der Waals surface area contributed by atoms with Gasteiger partial charge in [0.25, 0.3) is 5.91 Å². The molecule has 176 valence electrons. The molecule has 7 nitrogen and oxygen atoms in total. The van der Waals surface area contributed by atoms with Crippen LogP contribution in [-0.2, 0) is 16.0 Å². The first kappa shape index (κ1) is 21.3. The van der Waals surface area contributed by atoms with Crippen LogP contribution in [0.1, 0.15) is 5.56 Å². The summed E-state index contributed by atoms with van der Waals surface area (Å²) in [6.07, 6.45) is 0.00513. The van der Waals surface area contributed by atoms with Gasteiger partial charge in [-0.15, -0.1) is 0 Å². The van der Waals surface area contributed by atoms with Gasteiger partial charge in [0.2, 0.25) is 5.91 Å². The zero-order valence-electron chi connectivity index (χ0n) is 18.9. The van der Waals surface area contributed by atoms with Gasteiger partial charge in [-0.05, 0) is 35.9 Å². The van der Waals surface area contributed by atoms with Crippen LogP contribution < -0.4 is 20.0 Å². The lowest BCUT2D eigenvalue weighted by molar-refractivity contribution is -0.144. The number of para-hydroxylation sites is 3.